The second-order valence-electron chi connectivity index (χ2n) is 3.89. The first kappa shape index (κ1) is 14.8. The van der Waals surface area contributed by atoms with Gasteiger partial charge in [-0.25, -0.2) is 9.97 Å². The molecule has 1 unspecified atom stereocenters. The second-order valence-corrected chi connectivity index (χ2v) is 6.32. The Bertz CT molecular complexity index is 580. The van der Waals surface area contributed by atoms with E-state index in [2.05, 4.69) is 41.8 Å². The van der Waals surface area contributed by atoms with E-state index in [4.69, 9.17) is 16.3 Å². The van der Waals surface area contributed by atoms with Crippen LogP contribution in [0.1, 0.15) is 16.1 Å². The summed E-state index contributed by atoms with van der Waals surface area (Å²) in [7, 11) is 1.59. The third-order valence-electron chi connectivity index (χ3n) is 2.59. The standard InChI is InChI=1S/C13H11Br2ClN2O/c1-19-13-6-9(17-7-18-13)5-11(15)10-4-8(14)2-3-12(10)16/h2-4,6-7,11H,5H2,1H3. The van der Waals surface area contributed by atoms with Gasteiger partial charge in [0.25, 0.3) is 0 Å². The van der Waals surface area contributed by atoms with Gasteiger partial charge in [-0.2, -0.15) is 0 Å². The smallest absolute Gasteiger partial charge is 0.216 e. The summed E-state index contributed by atoms with van der Waals surface area (Å²) < 4.78 is 6.08. The first-order valence-corrected chi connectivity index (χ1v) is 7.62. The molecule has 0 aliphatic heterocycles. The molecule has 0 bridgehead atoms. The molecule has 3 nitrogen and oxygen atoms in total. The lowest BCUT2D eigenvalue weighted by Gasteiger charge is -2.12. The van der Waals surface area contributed by atoms with Gasteiger partial charge in [-0.3, -0.25) is 0 Å². The van der Waals surface area contributed by atoms with Crippen LogP contribution in [0.2, 0.25) is 5.02 Å². The first-order valence-electron chi connectivity index (χ1n) is 5.54. The number of ether oxygens (including phenoxy) is 1. The number of hydrogen-bond acceptors (Lipinski definition) is 3. The lowest BCUT2D eigenvalue weighted by Crippen LogP contribution is -2.00. The van der Waals surface area contributed by atoms with Crippen molar-refractivity contribution in [2.24, 2.45) is 0 Å². The summed E-state index contributed by atoms with van der Waals surface area (Å²) in [6.45, 7) is 0. The fourth-order valence-electron chi connectivity index (χ4n) is 1.65. The van der Waals surface area contributed by atoms with Gasteiger partial charge in [-0.15, -0.1) is 0 Å². The molecular weight excluding hydrogens is 395 g/mol. The highest BCUT2D eigenvalue weighted by molar-refractivity contribution is 9.10. The Morgan fingerprint density at radius 3 is 2.84 bits per heavy atom. The summed E-state index contributed by atoms with van der Waals surface area (Å²) in [6, 6.07) is 7.61. The second kappa shape index (κ2) is 6.68. The fraction of sp³-hybridized carbons (Fsp3) is 0.231. The van der Waals surface area contributed by atoms with Crippen LogP contribution in [0.5, 0.6) is 5.88 Å². The summed E-state index contributed by atoms with van der Waals surface area (Å²) >= 11 is 13.3. The van der Waals surface area contributed by atoms with E-state index in [9.17, 15) is 0 Å². The summed E-state index contributed by atoms with van der Waals surface area (Å²) in [5, 5.41) is 0.728. The van der Waals surface area contributed by atoms with Crippen LogP contribution < -0.4 is 4.74 Å². The van der Waals surface area contributed by atoms with Crippen molar-refractivity contribution in [2.45, 2.75) is 11.2 Å². The van der Waals surface area contributed by atoms with Gasteiger partial charge in [-0.1, -0.05) is 43.5 Å². The normalized spacial score (nSPS) is 12.2. The summed E-state index contributed by atoms with van der Waals surface area (Å²) in [6.07, 6.45) is 2.20. The number of methoxy groups -OCH3 is 1. The van der Waals surface area contributed by atoms with Crippen LogP contribution in [0, 0.1) is 0 Å². The van der Waals surface area contributed by atoms with Gasteiger partial charge in [0.15, 0.2) is 0 Å². The molecule has 0 N–H and O–H groups in total. The van der Waals surface area contributed by atoms with Crippen LogP contribution in [-0.2, 0) is 6.42 Å². The zero-order valence-electron chi connectivity index (χ0n) is 10.1. The Kier molecular flexibility index (Phi) is 5.19. The lowest BCUT2D eigenvalue weighted by atomic mass is 10.1. The Hall–Kier alpha value is -0.650. The minimum atomic E-state index is 0.0807. The molecule has 2 aromatic rings. The van der Waals surface area contributed by atoms with Gasteiger partial charge >= 0.3 is 0 Å². The van der Waals surface area contributed by atoms with E-state index >= 15 is 0 Å². The highest BCUT2D eigenvalue weighted by Crippen LogP contribution is 2.34. The van der Waals surface area contributed by atoms with E-state index in [0.29, 0.717) is 12.3 Å². The maximum Gasteiger partial charge on any atom is 0.216 e. The lowest BCUT2D eigenvalue weighted by molar-refractivity contribution is 0.396. The molecular formula is C13H11Br2ClN2O. The van der Waals surface area contributed by atoms with E-state index in [1.165, 1.54) is 6.33 Å². The van der Waals surface area contributed by atoms with Crippen LogP contribution in [-0.4, -0.2) is 17.1 Å². The molecule has 6 heteroatoms. The van der Waals surface area contributed by atoms with Crippen molar-refractivity contribution in [2.75, 3.05) is 7.11 Å². The monoisotopic (exact) mass is 404 g/mol. The van der Waals surface area contributed by atoms with E-state index in [1.807, 2.05) is 24.3 Å². The quantitative estimate of drug-likeness (QED) is 0.697. The van der Waals surface area contributed by atoms with E-state index in [1.54, 1.807) is 7.11 Å². The molecule has 0 fully saturated rings. The Balaban J connectivity index is 2.20. The van der Waals surface area contributed by atoms with Gasteiger partial charge in [0.2, 0.25) is 5.88 Å². The molecule has 0 spiro atoms. The minimum absolute atomic E-state index is 0.0807. The summed E-state index contributed by atoms with van der Waals surface area (Å²) in [5.74, 6) is 0.560. The number of aromatic nitrogens is 2. The topological polar surface area (TPSA) is 35.0 Å². The molecule has 100 valence electrons. The Morgan fingerprint density at radius 1 is 1.32 bits per heavy atom. The third kappa shape index (κ3) is 3.91. The van der Waals surface area contributed by atoms with Crippen molar-refractivity contribution in [3.8, 4) is 5.88 Å². The zero-order valence-corrected chi connectivity index (χ0v) is 14.0. The summed E-state index contributed by atoms with van der Waals surface area (Å²) in [5.41, 5.74) is 1.92. The number of rotatable bonds is 4. The van der Waals surface area contributed by atoms with E-state index in [-0.39, 0.29) is 4.83 Å². The number of hydrogen-bond donors (Lipinski definition) is 0. The average Bonchev–Trinajstić information content (AvgIpc) is 2.41. The largest absolute Gasteiger partial charge is 0.481 e. The molecule has 0 amide bonds. The van der Waals surface area contributed by atoms with Gasteiger partial charge in [0, 0.05) is 32.5 Å². The van der Waals surface area contributed by atoms with Crippen molar-refractivity contribution < 1.29 is 4.74 Å². The first-order chi connectivity index (χ1) is 9.10. The fourth-order valence-corrected chi connectivity index (χ4v) is 3.12. The Labute approximate surface area is 133 Å². The highest BCUT2D eigenvalue weighted by Gasteiger charge is 2.14. The number of halogens is 3. The molecule has 0 saturated carbocycles. The van der Waals surface area contributed by atoms with E-state index in [0.717, 1.165) is 20.8 Å². The molecule has 1 atom stereocenters. The zero-order chi connectivity index (χ0) is 13.8. The predicted octanol–water partition coefficient (Wildman–Crippen LogP) is 4.58. The van der Waals surface area contributed by atoms with Crippen LogP contribution in [0.15, 0.2) is 35.1 Å². The highest BCUT2D eigenvalue weighted by atomic mass is 79.9. The van der Waals surface area contributed by atoms with Crippen LogP contribution in [0.4, 0.5) is 0 Å². The van der Waals surface area contributed by atoms with Crippen LogP contribution in [0.25, 0.3) is 0 Å². The predicted molar refractivity (Wildman–Crippen MR) is 83.1 cm³/mol. The maximum atomic E-state index is 6.21. The average molecular weight is 407 g/mol. The van der Waals surface area contributed by atoms with Crippen LogP contribution in [0.3, 0.4) is 0 Å². The molecule has 0 aliphatic carbocycles. The summed E-state index contributed by atoms with van der Waals surface area (Å²) in [4.78, 5) is 8.30. The van der Waals surface area contributed by atoms with Gasteiger partial charge in [0.1, 0.15) is 6.33 Å². The SMILES string of the molecule is COc1cc(CC(Br)c2cc(Br)ccc2Cl)ncn1. The molecule has 1 aromatic carbocycles. The van der Waals surface area contributed by atoms with Crippen LogP contribution >= 0.6 is 43.5 Å². The van der Waals surface area contributed by atoms with Gasteiger partial charge in [-0.05, 0) is 23.8 Å². The van der Waals surface area contributed by atoms with Crippen molar-refractivity contribution in [3.63, 3.8) is 0 Å². The minimum Gasteiger partial charge on any atom is -0.481 e. The van der Waals surface area contributed by atoms with E-state index < -0.39 is 0 Å². The Morgan fingerprint density at radius 2 is 2.11 bits per heavy atom. The van der Waals surface area contributed by atoms with Crippen molar-refractivity contribution in [3.05, 3.63) is 51.3 Å². The van der Waals surface area contributed by atoms with Crippen molar-refractivity contribution >= 4 is 43.5 Å². The van der Waals surface area contributed by atoms with Gasteiger partial charge in [0.05, 0.1) is 7.11 Å². The van der Waals surface area contributed by atoms with Crippen molar-refractivity contribution in [1.29, 1.82) is 0 Å². The molecule has 19 heavy (non-hydrogen) atoms. The molecule has 0 saturated heterocycles. The van der Waals surface area contributed by atoms with Gasteiger partial charge < -0.3 is 4.74 Å². The van der Waals surface area contributed by atoms with Crippen molar-refractivity contribution in [1.82, 2.24) is 9.97 Å². The third-order valence-corrected chi connectivity index (χ3v) is 4.25. The number of nitrogens with zero attached hydrogens (tertiary/aromatic N) is 2. The number of benzene rings is 1. The number of alkyl halides is 1. The molecule has 1 heterocycles. The molecule has 2 rings (SSSR count). The molecule has 0 aliphatic rings. The maximum absolute atomic E-state index is 6.21. The molecule has 0 radical (unpaired) electrons. The molecule has 1 aromatic heterocycles.